The smallest absolute Gasteiger partial charge is 0.295 e. The molecule has 0 spiro atoms. The molecule has 0 saturated heterocycles. The van der Waals surface area contributed by atoms with Crippen LogP contribution in [0.4, 0.5) is 13.2 Å². The molecule has 2 aromatic heterocycles. The minimum Gasteiger partial charge on any atom is -0.295 e. The molecule has 5 aromatic rings. The van der Waals surface area contributed by atoms with Crippen LogP contribution in [-0.2, 0) is 6.18 Å². The number of H-pyrrole nitrogens is 2. The maximum absolute atomic E-state index is 13.8. The van der Waals surface area contributed by atoms with Crippen molar-refractivity contribution in [2.75, 3.05) is 0 Å². The van der Waals surface area contributed by atoms with Crippen LogP contribution in [0.1, 0.15) is 39.6 Å². The van der Waals surface area contributed by atoms with Crippen LogP contribution in [0.2, 0.25) is 10.0 Å². The largest absolute Gasteiger partial charge is 0.416 e. The summed E-state index contributed by atoms with van der Waals surface area (Å²) in [6.45, 7) is 3.27. The van der Waals surface area contributed by atoms with Gasteiger partial charge >= 0.3 is 6.18 Å². The molecular formula is C28H21Cl2F3N4O2. The summed E-state index contributed by atoms with van der Waals surface area (Å²) in [7, 11) is 0. The second-order valence-electron chi connectivity index (χ2n) is 9.10. The molecule has 0 aliphatic carbocycles. The van der Waals surface area contributed by atoms with Gasteiger partial charge in [0.15, 0.2) is 0 Å². The first-order valence-electron chi connectivity index (χ1n) is 11.8. The Kier molecular flexibility index (Phi) is 6.82. The fourth-order valence-electron chi connectivity index (χ4n) is 4.77. The molecule has 0 atom stereocenters. The van der Waals surface area contributed by atoms with Crippen molar-refractivity contribution in [2.24, 2.45) is 0 Å². The molecule has 3 aromatic carbocycles. The van der Waals surface area contributed by atoms with Gasteiger partial charge < -0.3 is 0 Å². The van der Waals surface area contributed by atoms with E-state index in [0.717, 1.165) is 12.1 Å². The first kappa shape index (κ1) is 26.6. The zero-order valence-corrected chi connectivity index (χ0v) is 22.1. The van der Waals surface area contributed by atoms with Crippen molar-refractivity contribution >= 4 is 23.2 Å². The minimum absolute atomic E-state index is 0.131. The van der Waals surface area contributed by atoms with Gasteiger partial charge in [0.1, 0.15) is 0 Å². The second-order valence-corrected chi connectivity index (χ2v) is 9.97. The summed E-state index contributed by atoms with van der Waals surface area (Å²) in [5.41, 5.74) is 0.111. The first-order valence-corrected chi connectivity index (χ1v) is 12.5. The fourth-order valence-corrected chi connectivity index (χ4v) is 5.13. The summed E-state index contributed by atoms with van der Waals surface area (Å²) >= 11 is 12.3. The van der Waals surface area contributed by atoms with Gasteiger partial charge in [-0.15, -0.1) is 0 Å². The van der Waals surface area contributed by atoms with Crippen LogP contribution < -0.4 is 11.1 Å². The van der Waals surface area contributed by atoms with Crippen LogP contribution >= 0.6 is 23.2 Å². The van der Waals surface area contributed by atoms with Crippen LogP contribution in [0, 0.1) is 13.8 Å². The summed E-state index contributed by atoms with van der Waals surface area (Å²) in [5, 5.41) is 6.78. The summed E-state index contributed by atoms with van der Waals surface area (Å²) in [5.74, 6) is -1.12. The van der Waals surface area contributed by atoms with Gasteiger partial charge in [0.25, 0.3) is 11.1 Å². The number of nitrogens with zero attached hydrogens (tertiary/aromatic N) is 2. The highest BCUT2D eigenvalue weighted by Gasteiger charge is 2.34. The highest BCUT2D eigenvalue weighted by molar-refractivity contribution is 6.31. The molecule has 39 heavy (non-hydrogen) atoms. The molecule has 2 heterocycles. The van der Waals surface area contributed by atoms with Crippen molar-refractivity contribution in [2.45, 2.75) is 25.9 Å². The molecular weight excluding hydrogens is 552 g/mol. The van der Waals surface area contributed by atoms with Crippen LogP contribution in [0.5, 0.6) is 0 Å². The van der Waals surface area contributed by atoms with Crippen LogP contribution in [0.3, 0.4) is 0 Å². The monoisotopic (exact) mass is 572 g/mol. The van der Waals surface area contributed by atoms with Crippen molar-refractivity contribution in [3.05, 3.63) is 137 Å². The molecule has 5 rings (SSSR count). The summed E-state index contributed by atoms with van der Waals surface area (Å²) in [4.78, 5) is 27.7. The lowest BCUT2D eigenvalue weighted by Crippen LogP contribution is -2.25. The topological polar surface area (TPSA) is 75.6 Å². The molecule has 0 fully saturated rings. The van der Waals surface area contributed by atoms with E-state index in [4.69, 9.17) is 23.2 Å². The quantitative estimate of drug-likeness (QED) is 0.244. The Hall–Kier alpha value is -3.95. The zero-order chi connectivity index (χ0) is 28.1. The predicted molar refractivity (Wildman–Crippen MR) is 145 cm³/mol. The van der Waals surface area contributed by atoms with Gasteiger partial charge in [0.05, 0.1) is 28.1 Å². The number of rotatable bonds is 5. The lowest BCUT2D eigenvalue weighted by atomic mass is 9.84. The molecule has 0 saturated carbocycles. The Morgan fingerprint density at radius 2 is 1.18 bits per heavy atom. The third-order valence-corrected chi connectivity index (χ3v) is 6.96. The number of aromatic nitrogens is 4. The molecule has 0 amide bonds. The van der Waals surface area contributed by atoms with Gasteiger partial charge in [0, 0.05) is 27.4 Å². The average molecular weight is 573 g/mol. The van der Waals surface area contributed by atoms with Crippen molar-refractivity contribution in [3.8, 4) is 11.4 Å². The molecule has 2 N–H and O–H groups in total. The van der Waals surface area contributed by atoms with Crippen molar-refractivity contribution in [1.82, 2.24) is 19.6 Å². The Bertz CT molecular complexity index is 1710. The first-order chi connectivity index (χ1) is 18.5. The normalized spacial score (nSPS) is 11.9. The standard InChI is InChI=1S/C28H21Cl2F3N4O2/c1-15-23(26(38)36(34-15)21-10-4-8-19(29)13-21)25(17-6-3-7-18(12-17)28(31,32)33)24-16(2)35-37(27(24)39)22-11-5-9-20(30)14-22/h3-14,25,34-35H,1-2H3. The van der Waals surface area contributed by atoms with Gasteiger partial charge in [-0.25, -0.2) is 9.36 Å². The van der Waals surface area contributed by atoms with E-state index in [9.17, 15) is 22.8 Å². The Morgan fingerprint density at radius 1 is 0.718 bits per heavy atom. The van der Waals surface area contributed by atoms with E-state index in [0.29, 0.717) is 32.8 Å². The van der Waals surface area contributed by atoms with Crippen molar-refractivity contribution in [3.63, 3.8) is 0 Å². The van der Waals surface area contributed by atoms with E-state index in [1.807, 2.05) is 0 Å². The molecule has 6 nitrogen and oxygen atoms in total. The SMILES string of the molecule is Cc1[nH]n(-c2cccc(Cl)c2)c(=O)c1C(c1cccc(C(F)(F)F)c1)c1c(C)[nH]n(-c2cccc(Cl)c2)c1=O. The Labute approximate surface area is 230 Å². The molecule has 0 unspecified atom stereocenters. The lowest BCUT2D eigenvalue weighted by molar-refractivity contribution is -0.137. The number of halogens is 5. The number of hydrogen-bond acceptors (Lipinski definition) is 2. The van der Waals surface area contributed by atoms with Gasteiger partial charge in [-0.05, 0) is 61.9 Å². The Balaban J connectivity index is 1.80. The van der Waals surface area contributed by atoms with E-state index < -0.39 is 28.8 Å². The second kappa shape index (κ2) is 9.98. The number of hydrogen-bond donors (Lipinski definition) is 2. The van der Waals surface area contributed by atoms with E-state index in [1.54, 1.807) is 62.4 Å². The molecule has 11 heteroatoms. The highest BCUT2D eigenvalue weighted by Crippen LogP contribution is 2.36. The summed E-state index contributed by atoms with van der Waals surface area (Å²) < 4.78 is 43.6. The van der Waals surface area contributed by atoms with Crippen LogP contribution in [0.15, 0.2) is 82.4 Å². The zero-order valence-electron chi connectivity index (χ0n) is 20.6. The van der Waals surface area contributed by atoms with E-state index in [1.165, 1.54) is 21.5 Å². The summed E-state index contributed by atoms with van der Waals surface area (Å²) in [6, 6.07) is 17.8. The maximum Gasteiger partial charge on any atom is 0.416 e. The molecule has 200 valence electrons. The molecule has 0 aliphatic rings. The van der Waals surface area contributed by atoms with Crippen molar-refractivity contribution < 1.29 is 13.2 Å². The predicted octanol–water partition coefficient (Wildman–Crippen LogP) is 6.77. The fraction of sp³-hybridized carbons (Fsp3) is 0.143. The van der Waals surface area contributed by atoms with Crippen molar-refractivity contribution in [1.29, 1.82) is 0 Å². The van der Waals surface area contributed by atoms with Crippen LogP contribution in [0.25, 0.3) is 11.4 Å². The number of aromatic amines is 2. The van der Waals surface area contributed by atoms with Gasteiger partial charge in [-0.1, -0.05) is 53.5 Å². The molecule has 0 radical (unpaired) electrons. The van der Waals surface area contributed by atoms with E-state index in [-0.39, 0.29) is 16.7 Å². The van der Waals surface area contributed by atoms with Gasteiger partial charge in [0.2, 0.25) is 0 Å². The molecule has 0 aliphatic heterocycles. The average Bonchev–Trinajstić information content (AvgIpc) is 3.34. The minimum atomic E-state index is -4.62. The van der Waals surface area contributed by atoms with Gasteiger partial charge in [-0.2, -0.15) is 13.2 Å². The third-order valence-electron chi connectivity index (χ3n) is 6.49. The van der Waals surface area contributed by atoms with E-state index in [2.05, 4.69) is 10.2 Å². The number of nitrogens with one attached hydrogen (secondary N) is 2. The van der Waals surface area contributed by atoms with Crippen LogP contribution in [-0.4, -0.2) is 19.6 Å². The van der Waals surface area contributed by atoms with Gasteiger partial charge in [-0.3, -0.25) is 19.8 Å². The Morgan fingerprint density at radius 3 is 1.62 bits per heavy atom. The number of benzene rings is 3. The number of alkyl halides is 3. The summed E-state index contributed by atoms with van der Waals surface area (Å²) in [6.07, 6.45) is -4.62. The number of aryl methyl sites for hydroxylation is 2. The lowest BCUT2D eigenvalue weighted by Gasteiger charge is -2.17. The highest BCUT2D eigenvalue weighted by atomic mass is 35.5. The molecule has 0 bridgehead atoms. The van der Waals surface area contributed by atoms with E-state index >= 15 is 0 Å². The third kappa shape index (κ3) is 4.95. The maximum atomic E-state index is 13.8.